The molecule has 1 aromatic rings. The molecule has 1 saturated heterocycles. The minimum Gasteiger partial charge on any atom is -0.500 e. The van der Waals surface area contributed by atoms with Crippen molar-refractivity contribution in [1.29, 1.82) is 0 Å². The van der Waals surface area contributed by atoms with Crippen LogP contribution >= 0.6 is 24.8 Å². The Hall–Kier alpha value is -1.49. The fraction of sp³-hybridized carbons (Fsp3) is 0.538. The number of alkyl halides is 3. The fourth-order valence-corrected chi connectivity index (χ4v) is 2.61. The van der Waals surface area contributed by atoms with Crippen LogP contribution in [0.3, 0.4) is 0 Å². The highest BCUT2D eigenvalue weighted by molar-refractivity contribution is 5.85. The minimum atomic E-state index is -4.62. The first-order valence-electron chi connectivity index (χ1n) is 6.82. The first-order chi connectivity index (χ1) is 10.8. The number of phenolic OH excluding ortho intramolecular Hbond substituents is 1. The molecule has 7 nitrogen and oxygen atoms in total. The SMILES string of the molecule is COc1cc([C@@H](N2CCNCC2)C(F)(F)F)cc([N+](=O)[O-])c1O.Cl.Cl. The first-order valence-corrected chi connectivity index (χ1v) is 6.82. The van der Waals surface area contributed by atoms with Crippen LogP contribution in [0.5, 0.6) is 11.5 Å². The quantitative estimate of drug-likeness (QED) is 0.589. The summed E-state index contributed by atoms with van der Waals surface area (Å²) >= 11 is 0. The molecule has 2 N–H and O–H groups in total. The molecule has 1 atom stereocenters. The van der Waals surface area contributed by atoms with E-state index in [-0.39, 0.29) is 49.2 Å². The Morgan fingerprint density at radius 3 is 2.32 bits per heavy atom. The number of phenols is 1. The van der Waals surface area contributed by atoms with E-state index in [1.165, 1.54) is 4.90 Å². The summed E-state index contributed by atoms with van der Waals surface area (Å²) in [6.45, 7) is 1.09. The Kier molecular flexibility index (Phi) is 8.72. The topological polar surface area (TPSA) is 87.9 Å². The number of nitrogens with zero attached hydrogens (tertiary/aromatic N) is 2. The highest BCUT2D eigenvalue weighted by Crippen LogP contribution is 2.44. The monoisotopic (exact) mass is 407 g/mol. The summed E-state index contributed by atoms with van der Waals surface area (Å²) in [6.07, 6.45) is -4.62. The van der Waals surface area contributed by atoms with Crippen molar-refractivity contribution in [2.24, 2.45) is 0 Å². The lowest BCUT2D eigenvalue weighted by molar-refractivity contribution is -0.386. The average molecular weight is 408 g/mol. The molecule has 1 aromatic carbocycles. The third-order valence-electron chi connectivity index (χ3n) is 3.64. The smallest absolute Gasteiger partial charge is 0.408 e. The van der Waals surface area contributed by atoms with Gasteiger partial charge in [0.15, 0.2) is 5.75 Å². The van der Waals surface area contributed by atoms with Crippen LogP contribution in [0.4, 0.5) is 18.9 Å². The maximum absolute atomic E-state index is 13.5. The molecule has 144 valence electrons. The van der Waals surface area contributed by atoms with Crippen LogP contribution in [-0.2, 0) is 0 Å². The maximum Gasteiger partial charge on any atom is 0.408 e. The van der Waals surface area contributed by atoms with E-state index >= 15 is 0 Å². The van der Waals surface area contributed by atoms with Gasteiger partial charge in [0.25, 0.3) is 0 Å². The predicted molar refractivity (Wildman–Crippen MR) is 89.0 cm³/mol. The van der Waals surface area contributed by atoms with E-state index in [1.807, 2.05) is 0 Å². The van der Waals surface area contributed by atoms with E-state index in [0.29, 0.717) is 13.1 Å². The number of rotatable bonds is 4. The number of ether oxygens (including phenoxy) is 1. The van der Waals surface area contributed by atoms with Gasteiger partial charge in [0, 0.05) is 32.2 Å². The molecule has 0 aliphatic carbocycles. The lowest BCUT2D eigenvalue weighted by atomic mass is 10.0. The van der Waals surface area contributed by atoms with Crippen LogP contribution in [0.1, 0.15) is 11.6 Å². The van der Waals surface area contributed by atoms with E-state index in [9.17, 15) is 28.4 Å². The van der Waals surface area contributed by atoms with Crippen molar-refractivity contribution in [3.05, 3.63) is 27.8 Å². The number of methoxy groups -OCH3 is 1. The Labute approximate surface area is 154 Å². The molecule has 1 aliphatic heterocycles. The largest absolute Gasteiger partial charge is 0.500 e. The zero-order valence-electron chi connectivity index (χ0n) is 13.1. The van der Waals surface area contributed by atoms with E-state index in [4.69, 9.17) is 4.74 Å². The summed E-state index contributed by atoms with van der Waals surface area (Å²) in [6, 6.07) is -0.265. The zero-order valence-corrected chi connectivity index (χ0v) is 14.7. The molecule has 2 rings (SSSR count). The molecule has 1 aliphatic rings. The van der Waals surface area contributed by atoms with Crippen molar-refractivity contribution < 1.29 is 27.9 Å². The van der Waals surface area contributed by atoms with Gasteiger partial charge in [-0.25, -0.2) is 0 Å². The Balaban J connectivity index is 0.00000288. The fourth-order valence-electron chi connectivity index (χ4n) is 2.61. The number of nitrogens with one attached hydrogen (secondary N) is 1. The second kappa shape index (κ2) is 9.27. The average Bonchev–Trinajstić information content (AvgIpc) is 2.48. The van der Waals surface area contributed by atoms with Gasteiger partial charge in [0.2, 0.25) is 5.75 Å². The van der Waals surface area contributed by atoms with Crippen LogP contribution in [0.25, 0.3) is 0 Å². The molecule has 25 heavy (non-hydrogen) atoms. The molecule has 0 radical (unpaired) electrons. The first kappa shape index (κ1) is 23.5. The molecular weight excluding hydrogens is 390 g/mol. The second-order valence-electron chi connectivity index (χ2n) is 5.08. The third kappa shape index (κ3) is 5.24. The highest BCUT2D eigenvalue weighted by atomic mass is 35.5. The molecule has 12 heteroatoms. The van der Waals surface area contributed by atoms with E-state index < -0.39 is 28.6 Å². The number of aromatic hydroxyl groups is 1. The standard InChI is InChI=1S/C13H16F3N3O4.2ClH/c1-23-10-7-8(6-9(11(10)20)19(21)22)12(13(14,15)16)18-4-2-17-3-5-18;;/h6-7,12,17,20H,2-5H2,1H3;2*1H/t12-;;/m1../s1. The normalized spacial score (nSPS) is 16.3. The molecule has 0 unspecified atom stereocenters. The van der Waals surface area contributed by atoms with Gasteiger partial charge in [0.05, 0.1) is 12.0 Å². The molecular formula is C13H18Cl2F3N3O4. The maximum atomic E-state index is 13.5. The van der Waals surface area contributed by atoms with Gasteiger partial charge in [0.1, 0.15) is 6.04 Å². The number of benzene rings is 1. The molecule has 1 heterocycles. The number of piperazine rings is 1. The number of hydrogen-bond donors (Lipinski definition) is 2. The Morgan fingerprint density at radius 1 is 1.32 bits per heavy atom. The third-order valence-corrected chi connectivity index (χ3v) is 3.64. The summed E-state index contributed by atoms with van der Waals surface area (Å²) < 4.78 is 45.3. The number of hydrogen-bond acceptors (Lipinski definition) is 6. The lowest BCUT2D eigenvalue weighted by Crippen LogP contribution is -2.49. The zero-order chi connectivity index (χ0) is 17.2. The van der Waals surface area contributed by atoms with Gasteiger partial charge in [-0.05, 0) is 11.6 Å². The summed E-state index contributed by atoms with van der Waals surface area (Å²) in [4.78, 5) is 11.2. The Morgan fingerprint density at radius 2 is 1.88 bits per heavy atom. The van der Waals surface area contributed by atoms with Crippen molar-refractivity contribution in [2.45, 2.75) is 12.2 Å². The summed E-state index contributed by atoms with van der Waals surface area (Å²) in [5, 5.41) is 23.6. The molecule has 0 amide bonds. The van der Waals surface area contributed by atoms with Gasteiger partial charge in [-0.2, -0.15) is 13.2 Å². The highest BCUT2D eigenvalue weighted by Gasteiger charge is 2.46. The summed E-state index contributed by atoms with van der Waals surface area (Å²) in [5.74, 6) is -1.15. The number of halogens is 5. The van der Waals surface area contributed by atoms with Crippen molar-refractivity contribution >= 4 is 30.5 Å². The Bertz CT molecular complexity index is 599. The van der Waals surface area contributed by atoms with Gasteiger partial charge < -0.3 is 15.2 Å². The minimum absolute atomic E-state index is 0. The lowest BCUT2D eigenvalue weighted by Gasteiger charge is -2.36. The second-order valence-corrected chi connectivity index (χ2v) is 5.08. The van der Waals surface area contributed by atoms with E-state index in [2.05, 4.69) is 5.32 Å². The molecule has 1 fully saturated rings. The van der Waals surface area contributed by atoms with Gasteiger partial charge in [-0.15, -0.1) is 24.8 Å². The van der Waals surface area contributed by atoms with Gasteiger partial charge in [-0.1, -0.05) is 0 Å². The summed E-state index contributed by atoms with van der Waals surface area (Å²) in [7, 11) is 1.12. The molecule has 0 bridgehead atoms. The molecule has 0 aromatic heterocycles. The number of nitro benzene ring substituents is 1. The van der Waals surface area contributed by atoms with E-state index in [0.717, 1.165) is 19.2 Å². The van der Waals surface area contributed by atoms with Crippen LogP contribution in [0.2, 0.25) is 0 Å². The molecule has 0 spiro atoms. The molecule has 0 saturated carbocycles. The number of nitro groups is 1. The summed E-state index contributed by atoms with van der Waals surface area (Å²) in [5.41, 5.74) is -1.15. The van der Waals surface area contributed by atoms with Crippen molar-refractivity contribution in [3.8, 4) is 11.5 Å². The van der Waals surface area contributed by atoms with Gasteiger partial charge >= 0.3 is 11.9 Å². The predicted octanol–water partition coefficient (Wildman–Crippen LogP) is 2.66. The van der Waals surface area contributed by atoms with Crippen molar-refractivity contribution in [3.63, 3.8) is 0 Å². The van der Waals surface area contributed by atoms with Gasteiger partial charge in [-0.3, -0.25) is 15.0 Å². The van der Waals surface area contributed by atoms with Crippen molar-refractivity contribution in [2.75, 3.05) is 33.3 Å². The van der Waals surface area contributed by atoms with Crippen LogP contribution in [0.15, 0.2) is 12.1 Å². The van der Waals surface area contributed by atoms with E-state index in [1.54, 1.807) is 0 Å². The van der Waals surface area contributed by atoms with Crippen molar-refractivity contribution in [1.82, 2.24) is 10.2 Å². The van der Waals surface area contributed by atoms with Crippen LogP contribution in [0, 0.1) is 10.1 Å². The van der Waals surface area contributed by atoms with Crippen LogP contribution < -0.4 is 10.1 Å². The van der Waals surface area contributed by atoms with Crippen LogP contribution in [-0.4, -0.2) is 54.4 Å².